The van der Waals surface area contributed by atoms with Crippen LogP contribution in [0.1, 0.15) is 15.9 Å². The lowest BCUT2D eigenvalue weighted by atomic mass is 10.1. The number of hydrogen-bond donors (Lipinski definition) is 1. The standard InChI is InChI=1S/C25H24BrFN6O/c1-31-10-12-32(13-11-31)25(34)18-8-6-17(7-9-18)15-28-23-14-22(19-4-2-3-5-21(19)27)30-24-20(26)16-29-33(23)24/h2-9,14,16,28H,10-13,15H2,1H3. The number of rotatable bonds is 5. The molecule has 34 heavy (non-hydrogen) atoms. The average Bonchev–Trinajstić information content (AvgIpc) is 3.24. The van der Waals surface area contributed by atoms with Gasteiger partial charge in [-0.1, -0.05) is 24.3 Å². The molecule has 2 aromatic heterocycles. The number of aromatic nitrogens is 3. The van der Waals surface area contributed by atoms with Gasteiger partial charge in [0.25, 0.3) is 5.91 Å². The molecule has 5 rings (SSSR count). The van der Waals surface area contributed by atoms with Crippen LogP contribution in [-0.4, -0.2) is 63.5 Å². The van der Waals surface area contributed by atoms with Crippen molar-refractivity contribution in [3.8, 4) is 11.3 Å². The minimum atomic E-state index is -0.332. The molecule has 1 amide bonds. The number of halogens is 2. The first-order chi connectivity index (χ1) is 16.5. The van der Waals surface area contributed by atoms with Gasteiger partial charge in [-0.25, -0.2) is 9.37 Å². The Morgan fingerprint density at radius 3 is 2.56 bits per heavy atom. The maximum Gasteiger partial charge on any atom is 0.253 e. The fourth-order valence-corrected chi connectivity index (χ4v) is 4.37. The Hall–Kier alpha value is -3.30. The van der Waals surface area contributed by atoms with Crippen LogP contribution in [0.5, 0.6) is 0 Å². The van der Waals surface area contributed by atoms with Gasteiger partial charge in [0.15, 0.2) is 5.65 Å². The van der Waals surface area contributed by atoms with Crippen molar-refractivity contribution in [2.24, 2.45) is 0 Å². The molecule has 1 N–H and O–H groups in total. The Kier molecular flexibility index (Phi) is 6.30. The fourth-order valence-electron chi connectivity index (χ4n) is 4.02. The third-order valence-corrected chi connectivity index (χ3v) is 6.60. The van der Waals surface area contributed by atoms with Crippen LogP contribution >= 0.6 is 15.9 Å². The van der Waals surface area contributed by atoms with Crippen molar-refractivity contribution >= 4 is 33.3 Å². The molecule has 9 heteroatoms. The first-order valence-corrected chi connectivity index (χ1v) is 11.9. The molecule has 0 atom stereocenters. The largest absolute Gasteiger partial charge is 0.366 e. The summed E-state index contributed by atoms with van der Waals surface area (Å²) in [6.45, 7) is 3.80. The highest BCUT2D eigenvalue weighted by Crippen LogP contribution is 2.27. The number of amides is 1. The highest BCUT2D eigenvalue weighted by atomic mass is 79.9. The van der Waals surface area contributed by atoms with Gasteiger partial charge in [0.2, 0.25) is 0 Å². The molecule has 174 valence electrons. The number of piperazine rings is 1. The summed E-state index contributed by atoms with van der Waals surface area (Å²) < 4.78 is 16.8. The lowest BCUT2D eigenvalue weighted by Gasteiger charge is -2.32. The molecule has 0 aliphatic carbocycles. The van der Waals surface area contributed by atoms with E-state index in [-0.39, 0.29) is 11.7 Å². The smallest absolute Gasteiger partial charge is 0.253 e. The number of nitrogens with one attached hydrogen (secondary N) is 1. The van der Waals surface area contributed by atoms with E-state index in [1.807, 2.05) is 29.2 Å². The first kappa shape index (κ1) is 22.5. The SMILES string of the molecule is CN1CCN(C(=O)c2ccc(CNc3cc(-c4ccccc4F)nc4c(Br)cnn34)cc2)CC1. The fraction of sp³-hybridized carbons (Fsp3) is 0.240. The summed E-state index contributed by atoms with van der Waals surface area (Å²) in [6.07, 6.45) is 1.66. The second kappa shape index (κ2) is 9.52. The van der Waals surface area contributed by atoms with Crippen molar-refractivity contribution in [2.45, 2.75) is 6.54 Å². The molecule has 0 unspecified atom stereocenters. The zero-order chi connectivity index (χ0) is 23.7. The molecule has 7 nitrogen and oxygen atoms in total. The third kappa shape index (κ3) is 4.53. The summed E-state index contributed by atoms with van der Waals surface area (Å²) in [5.74, 6) is 0.424. The third-order valence-electron chi connectivity index (χ3n) is 6.04. The lowest BCUT2D eigenvalue weighted by Crippen LogP contribution is -2.47. The topological polar surface area (TPSA) is 65.8 Å². The van der Waals surface area contributed by atoms with Crippen molar-refractivity contribution in [1.29, 1.82) is 0 Å². The van der Waals surface area contributed by atoms with Gasteiger partial charge < -0.3 is 15.1 Å². The average molecular weight is 523 g/mol. The predicted octanol–water partition coefficient (Wildman–Crippen LogP) is 4.30. The zero-order valence-corrected chi connectivity index (χ0v) is 20.3. The van der Waals surface area contributed by atoms with Gasteiger partial charge in [0, 0.05) is 49.9 Å². The maximum atomic E-state index is 14.4. The molecule has 1 aliphatic heterocycles. The molecular weight excluding hydrogens is 499 g/mol. The van der Waals surface area contributed by atoms with Crippen LogP contribution < -0.4 is 5.32 Å². The summed E-state index contributed by atoms with van der Waals surface area (Å²) in [5.41, 5.74) is 3.24. The van der Waals surface area contributed by atoms with E-state index >= 15 is 0 Å². The molecule has 0 saturated carbocycles. The monoisotopic (exact) mass is 522 g/mol. The summed E-state index contributed by atoms with van der Waals surface area (Å²) >= 11 is 3.47. The second-order valence-corrected chi connectivity index (χ2v) is 9.23. The molecule has 1 fully saturated rings. The summed E-state index contributed by atoms with van der Waals surface area (Å²) in [4.78, 5) is 21.5. The Bertz CT molecular complexity index is 1330. The molecule has 1 saturated heterocycles. The highest BCUT2D eigenvalue weighted by Gasteiger charge is 2.20. The van der Waals surface area contributed by atoms with Gasteiger partial charge in [0.05, 0.1) is 16.4 Å². The van der Waals surface area contributed by atoms with Crippen molar-refractivity contribution in [1.82, 2.24) is 24.4 Å². The van der Waals surface area contributed by atoms with Crippen LogP contribution in [0, 0.1) is 5.82 Å². The van der Waals surface area contributed by atoms with Gasteiger partial charge in [-0.2, -0.15) is 9.61 Å². The number of carbonyl (C=O) groups is 1. The van der Waals surface area contributed by atoms with Crippen LogP contribution in [0.3, 0.4) is 0 Å². The van der Waals surface area contributed by atoms with Crippen LogP contribution in [0.4, 0.5) is 10.2 Å². The van der Waals surface area contributed by atoms with Crippen LogP contribution in [0.15, 0.2) is 65.3 Å². The predicted molar refractivity (Wildman–Crippen MR) is 133 cm³/mol. The van der Waals surface area contributed by atoms with Crippen LogP contribution in [0.2, 0.25) is 0 Å². The number of likely N-dealkylation sites (N-methyl/N-ethyl adjacent to an activating group) is 1. The van der Waals surface area contributed by atoms with E-state index in [0.29, 0.717) is 34.8 Å². The number of carbonyl (C=O) groups excluding carboxylic acids is 1. The van der Waals surface area contributed by atoms with Crippen LogP contribution in [0.25, 0.3) is 16.9 Å². The molecular formula is C25H24BrFN6O. The minimum Gasteiger partial charge on any atom is -0.366 e. The van der Waals surface area contributed by atoms with Gasteiger partial charge >= 0.3 is 0 Å². The molecule has 0 bridgehead atoms. The minimum absolute atomic E-state index is 0.0689. The quantitative estimate of drug-likeness (QED) is 0.423. The lowest BCUT2D eigenvalue weighted by molar-refractivity contribution is 0.0664. The Morgan fingerprint density at radius 1 is 1.09 bits per heavy atom. The van der Waals surface area contributed by atoms with E-state index < -0.39 is 0 Å². The molecule has 1 aliphatic rings. The molecule has 0 radical (unpaired) electrons. The number of fused-ring (bicyclic) bond motifs is 1. The number of anilines is 1. The Balaban J connectivity index is 1.35. The number of nitrogens with zero attached hydrogens (tertiary/aromatic N) is 5. The normalized spacial score (nSPS) is 14.5. The Morgan fingerprint density at radius 2 is 1.82 bits per heavy atom. The van der Waals surface area contributed by atoms with Crippen LogP contribution in [-0.2, 0) is 6.54 Å². The van der Waals surface area contributed by atoms with E-state index in [0.717, 1.165) is 36.2 Å². The molecule has 2 aromatic carbocycles. The number of benzene rings is 2. The highest BCUT2D eigenvalue weighted by molar-refractivity contribution is 9.10. The van der Waals surface area contributed by atoms with Crippen molar-refractivity contribution in [2.75, 3.05) is 38.5 Å². The second-order valence-electron chi connectivity index (χ2n) is 8.38. The molecule has 3 heterocycles. The van der Waals surface area contributed by atoms with E-state index in [1.165, 1.54) is 6.07 Å². The van der Waals surface area contributed by atoms with Crippen molar-refractivity contribution in [3.63, 3.8) is 0 Å². The zero-order valence-electron chi connectivity index (χ0n) is 18.7. The summed E-state index contributed by atoms with van der Waals surface area (Å²) in [5, 5.41) is 7.76. The summed E-state index contributed by atoms with van der Waals surface area (Å²) in [6, 6.07) is 16.0. The molecule has 4 aromatic rings. The van der Waals surface area contributed by atoms with E-state index in [1.54, 1.807) is 35.0 Å². The van der Waals surface area contributed by atoms with E-state index in [4.69, 9.17) is 0 Å². The van der Waals surface area contributed by atoms with Crippen molar-refractivity contribution in [3.05, 3.63) is 82.2 Å². The molecule has 0 spiro atoms. The van der Waals surface area contributed by atoms with Gasteiger partial charge in [0.1, 0.15) is 11.6 Å². The van der Waals surface area contributed by atoms with Crippen molar-refractivity contribution < 1.29 is 9.18 Å². The van der Waals surface area contributed by atoms with Gasteiger partial charge in [-0.15, -0.1) is 0 Å². The Labute approximate surface area is 205 Å². The van der Waals surface area contributed by atoms with Gasteiger partial charge in [-0.05, 0) is 52.8 Å². The van der Waals surface area contributed by atoms with E-state index in [2.05, 4.69) is 43.3 Å². The maximum absolute atomic E-state index is 14.4. The first-order valence-electron chi connectivity index (χ1n) is 11.1. The summed E-state index contributed by atoms with van der Waals surface area (Å²) in [7, 11) is 2.07. The van der Waals surface area contributed by atoms with E-state index in [9.17, 15) is 9.18 Å². The number of hydrogen-bond acceptors (Lipinski definition) is 5. The van der Waals surface area contributed by atoms with Gasteiger partial charge in [-0.3, -0.25) is 4.79 Å².